The third-order valence-electron chi connectivity index (χ3n) is 3.45. The summed E-state index contributed by atoms with van der Waals surface area (Å²) in [5.74, 6) is -0.883. The third-order valence-corrected chi connectivity index (χ3v) is 3.45. The summed E-state index contributed by atoms with van der Waals surface area (Å²) in [5, 5.41) is 13.0. The van der Waals surface area contributed by atoms with Gasteiger partial charge in [0.15, 0.2) is 5.78 Å². The molecule has 1 fully saturated rings. The van der Waals surface area contributed by atoms with E-state index >= 15 is 0 Å². The first-order valence-electron chi connectivity index (χ1n) is 6.56. The number of benzene rings is 1. The highest BCUT2D eigenvalue weighted by Crippen LogP contribution is 2.32. The molecule has 0 unspecified atom stereocenters. The fraction of sp³-hybridized carbons (Fsp3) is 0.400. The molecule has 0 saturated heterocycles. The Morgan fingerprint density at radius 2 is 1.95 bits per heavy atom. The zero-order valence-electron chi connectivity index (χ0n) is 11.6. The van der Waals surface area contributed by atoms with Crippen molar-refractivity contribution in [2.45, 2.75) is 33.1 Å². The van der Waals surface area contributed by atoms with Gasteiger partial charge >= 0.3 is 5.97 Å². The first kappa shape index (κ1) is 14.2. The van der Waals surface area contributed by atoms with Crippen LogP contribution < -0.4 is 5.43 Å². The van der Waals surface area contributed by atoms with Crippen molar-refractivity contribution >= 4 is 23.2 Å². The summed E-state index contributed by atoms with van der Waals surface area (Å²) in [6.07, 6.45) is 2.08. The number of nitrogens with zero attached hydrogens (tertiary/aromatic N) is 1. The molecule has 2 rings (SSSR count). The average molecular weight is 274 g/mol. The minimum atomic E-state index is -0.966. The van der Waals surface area contributed by atoms with Crippen LogP contribution in [0.2, 0.25) is 0 Å². The Labute approximate surface area is 117 Å². The SMILES string of the molecule is CC1(C)CCC(=O)/C(=N/Nc2ccc(C(=O)O)cc2)C1. The fourth-order valence-corrected chi connectivity index (χ4v) is 2.16. The van der Waals surface area contributed by atoms with E-state index in [-0.39, 0.29) is 16.8 Å². The maximum absolute atomic E-state index is 11.8. The molecule has 5 heteroatoms. The molecule has 5 nitrogen and oxygen atoms in total. The van der Waals surface area contributed by atoms with Crippen LogP contribution in [0.4, 0.5) is 5.69 Å². The molecular formula is C15H18N2O3. The van der Waals surface area contributed by atoms with Gasteiger partial charge in [-0.15, -0.1) is 0 Å². The molecule has 20 heavy (non-hydrogen) atoms. The van der Waals surface area contributed by atoms with Crippen molar-refractivity contribution in [3.8, 4) is 0 Å². The lowest BCUT2D eigenvalue weighted by Crippen LogP contribution is -2.30. The number of hydrazone groups is 1. The van der Waals surface area contributed by atoms with Crippen LogP contribution in [0.25, 0.3) is 0 Å². The van der Waals surface area contributed by atoms with Gasteiger partial charge in [-0.2, -0.15) is 5.10 Å². The van der Waals surface area contributed by atoms with Crippen molar-refractivity contribution in [3.05, 3.63) is 29.8 Å². The maximum atomic E-state index is 11.8. The summed E-state index contributed by atoms with van der Waals surface area (Å²) in [7, 11) is 0. The number of carboxylic acid groups (broad SMARTS) is 1. The van der Waals surface area contributed by atoms with E-state index in [0.29, 0.717) is 24.2 Å². The predicted octanol–water partition coefficient (Wildman–Crippen LogP) is 2.93. The number of carboxylic acids is 1. The summed E-state index contributed by atoms with van der Waals surface area (Å²) >= 11 is 0. The van der Waals surface area contributed by atoms with Crippen LogP contribution in [-0.2, 0) is 4.79 Å². The number of ketones is 1. The van der Waals surface area contributed by atoms with Crippen molar-refractivity contribution in [1.82, 2.24) is 0 Å². The Morgan fingerprint density at radius 3 is 2.55 bits per heavy atom. The Balaban J connectivity index is 2.08. The standard InChI is InChI=1S/C15H18N2O3/c1-15(2)8-7-13(18)12(9-15)17-16-11-5-3-10(4-6-11)14(19)20/h3-6,16H,7-9H2,1-2H3,(H,19,20)/b17-12+. The third kappa shape index (κ3) is 3.44. The summed E-state index contributed by atoms with van der Waals surface area (Å²) < 4.78 is 0. The zero-order chi connectivity index (χ0) is 14.8. The Morgan fingerprint density at radius 1 is 1.30 bits per heavy atom. The number of hydrogen-bond acceptors (Lipinski definition) is 4. The topological polar surface area (TPSA) is 78.8 Å². The summed E-state index contributed by atoms with van der Waals surface area (Å²) in [6, 6.07) is 6.26. The molecule has 1 aliphatic rings. The first-order valence-corrected chi connectivity index (χ1v) is 6.56. The van der Waals surface area contributed by atoms with E-state index < -0.39 is 5.97 Å². The van der Waals surface area contributed by atoms with Gasteiger partial charge in [0.25, 0.3) is 0 Å². The normalized spacial score (nSPS) is 19.9. The van der Waals surface area contributed by atoms with Gasteiger partial charge in [-0.25, -0.2) is 4.79 Å². The molecular weight excluding hydrogens is 256 g/mol. The van der Waals surface area contributed by atoms with Crippen molar-refractivity contribution in [3.63, 3.8) is 0 Å². The van der Waals surface area contributed by atoms with Crippen LogP contribution in [0.3, 0.4) is 0 Å². The van der Waals surface area contributed by atoms with Gasteiger partial charge in [-0.1, -0.05) is 13.8 Å². The minimum absolute atomic E-state index is 0.0824. The molecule has 0 aromatic heterocycles. The molecule has 1 aliphatic carbocycles. The van der Waals surface area contributed by atoms with Crippen molar-refractivity contribution in [1.29, 1.82) is 0 Å². The van der Waals surface area contributed by atoms with Crippen LogP contribution in [0.15, 0.2) is 29.4 Å². The second kappa shape index (κ2) is 5.45. The van der Waals surface area contributed by atoms with E-state index in [1.54, 1.807) is 12.1 Å². The van der Waals surface area contributed by atoms with E-state index in [9.17, 15) is 9.59 Å². The van der Waals surface area contributed by atoms with Crippen LogP contribution in [0.5, 0.6) is 0 Å². The molecule has 0 aliphatic heterocycles. The van der Waals surface area contributed by atoms with Gasteiger partial charge in [-0.3, -0.25) is 10.2 Å². The second-order valence-electron chi connectivity index (χ2n) is 5.82. The van der Waals surface area contributed by atoms with E-state index in [4.69, 9.17) is 5.11 Å². The summed E-state index contributed by atoms with van der Waals surface area (Å²) in [4.78, 5) is 22.5. The van der Waals surface area contributed by atoms with E-state index in [2.05, 4.69) is 24.4 Å². The minimum Gasteiger partial charge on any atom is -0.478 e. The lowest BCUT2D eigenvalue weighted by atomic mass is 9.76. The molecule has 0 spiro atoms. The average Bonchev–Trinajstić information content (AvgIpc) is 2.40. The van der Waals surface area contributed by atoms with Crippen molar-refractivity contribution in [2.75, 3.05) is 5.43 Å². The summed E-state index contributed by atoms with van der Waals surface area (Å²) in [6.45, 7) is 4.24. The summed E-state index contributed by atoms with van der Waals surface area (Å²) in [5.41, 5.74) is 4.37. The number of anilines is 1. The number of aromatic carboxylic acids is 1. The van der Waals surface area contributed by atoms with Crippen LogP contribution >= 0.6 is 0 Å². The predicted molar refractivity (Wildman–Crippen MR) is 77.1 cm³/mol. The Hall–Kier alpha value is -2.17. The Kier molecular flexibility index (Phi) is 3.88. The van der Waals surface area contributed by atoms with E-state index in [0.717, 1.165) is 6.42 Å². The smallest absolute Gasteiger partial charge is 0.335 e. The van der Waals surface area contributed by atoms with Crippen molar-refractivity contribution in [2.24, 2.45) is 10.5 Å². The number of rotatable bonds is 3. The number of carbonyl (C=O) groups is 2. The number of carbonyl (C=O) groups excluding carboxylic acids is 1. The zero-order valence-corrected chi connectivity index (χ0v) is 11.6. The van der Waals surface area contributed by atoms with Crippen LogP contribution in [0.1, 0.15) is 43.5 Å². The monoisotopic (exact) mass is 274 g/mol. The van der Waals surface area contributed by atoms with Crippen LogP contribution in [0, 0.1) is 5.41 Å². The van der Waals surface area contributed by atoms with Crippen LogP contribution in [-0.4, -0.2) is 22.6 Å². The van der Waals surface area contributed by atoms with Gasteiger partial charge in [0.1, 0.15) is 5.71 Å². The molecule has 2 N–H and O–H groups in total. The highest BCUT2D eigenvalue weighted by atomic mass is 16.4. The number of nitrogens with one attached hydrogen (secondary N) is 1. The second-order valence-corrected chi connectivity index (χ2v) is 5.82. The molecule has 1 aromatic rings. The molecule has 1 aromatic carbocycles. The van der Waals surface area contributed by atoms with Gasteiger partial charge in [0.2, 0.25) is 0 Å². The highest BCUT2D eigenvalue weighted by Gasteiger charge is 2.30. The number of Topliss-reactive ketones (excluding diaryl/α,β-unsaturated/α-hetero) is 1. The first-order chi connectivity index (χ1) is 9.37. The molecule has 0 radical (unpaired) electrons. The van der Waals surface area contributed by atoms with E-state index in [1.165, 1.54) is 12.1 Å². The molecule has 106 valence electrons. The fourth-order valence-electron chi connectivity index (χ4n) is 2.16. The molecule has 0 bridgehead atoms. The Bertz CT molecular complexity index is 559. The molecule has 0 atom stereocenters. The van der Waals surface area contributed by atoms with E-state index in [1.807, 2.05) is 0 Å². The molecule has 0 heterocycles. The van der Waals surface area contributed by atoms with Gasteiger partial charge in [0, 0.05) is 12.8 Å². The largest absolute Gasteiger partial charge is 0.478 e. The quantitative estimate of drug-likeness (QED) is 0.831. The molecule has 0 amide bonds. The lowest BCUT2D eigenvalue weighted by molar-refractivity contribution is -0.114. The highest BCUT2D eigenvalue weighted by molar-refractivity contribution is 6.40. The van der Waals surface area contributed by atoms with Crippen molar-refractivity contribution < 1.29 is 14.7 Å². The number of hydrogen-bond donors (Lipinski definition) is 2. The lowest BCUT2D eigenvalue weighted by Gasteiger charge is -2.29. The van der Waals surface area contributed by atoms with Gasteiger partial charge in [0.05, 0.1) is 11.3 Å². The maximum Gasteiger partial charge on any atom is 0.335 e. The van der Waals surface area contributed by atoms with Gasteiger partial charge in [-0.05, 0) is 36.1 Å². The molecule has 1 saturated carbocycles. The van der Waals surface area contributed by atoms with Gasteiger partial charge < -0.3 is 5.11 Å².